The molecule has 1 heterocycles. The van der Waals surface area contributed by atoms with Crippen LogP contribution in [0.3, 0.4) is 0 Å². The van der Waals surface area contributed by atoms with Gasteiger partial charge in [0.1, 0.15) is 5.75 Å². The van der Waals surface area contributed by atoms with Gasteiger partial charge in [0.25, 0.3) is 5.91 Å². The van der Waals surface area contributed by atoms with Crippen molar-refractivity contribution in [2.75, 3.05) is 12.4 Å². The molecule has 3 N–H and O–H groups in total. The van der Waals surface area contributed by atoms with Gasteiger partial charge in [-0.2, -0.15) is 0 Å². The van der Waals surface area contributed by atoms with E-state index in [1.807, 2.05) is 12.1 Å². The minimum Gasteiger partial charge on any atom is -0.495 e. The molecule has 2 rings (SSSR count). The van der Waals surface area contributed by atoms with Crippen LogP contribution < -0.4 is 15.8 Å². The summed E-state index contributed by atoms with van der Waals surface area (Å²) in [4.78, 5) is 15.9. The van der Waals surface area contributed by atoms with Crippen LogP contribution in [0.5, 0.6) is 5.75 Å². The molecule has 19 heavy (non-hydrogen) atoms. The third kappa shape index (κ3) is 3.08. The molecule has 0 radical (unpaired) electrons. The molecule has 0 saturated heterocycles. The summed E-state index contributed by atoms with van der Waals surface area (Å²) >= 11 is 0. The number of hydrogen-bond acceptors (Lipinski definition) is 4. The van der Waals surface area contributed by atoms with E-state index in [0.717, 1.165) is 5.56 Å². The Labute approximate surface area is 111 Å². The number of aromatic nitrogens is 1. The number of benzene rings is 1. The third-order valence-electron chi connectivity index (χ3n) is 2.69. The molecule has 0 bridgehead atoms. The second kappa shape index (κ2) is 5.97. The van der Waals surface area contributed by atoms with E-state index < -0.39 is 0 Å². The summed E-state index contributed by atoms with van der Waals surface area (Å²) in [5.74, 6) is 0.381. The lowest BCUT2D eigenvalue weighted by Gasteiger charge is -2.11. The van der Waals surface area contributed by atoms with Crippen LogP contribution in [-0.2, 0) is 6.54 Å². The Morgan fingerprint density at radius 1 is 1.32 bits per heavy atom. The zero-order valence-corrected chi connectivity index (χ0v) is 10.6. The minimum absolute atomic E-state index is 0.207. The second-order valence-corrected chi connectivity index (χ2v) is 3.93. The maximum Gasteiger partial charge on any atom is 0.255 e. The van der Waals surface area contributed by atoms with Crippen molar-refractivity contribution >= 4 is 11.6 Å². The fourth-order valence-electron chi connectivity index (χ4n) is 1.66. The van der Waals surface area contributed by atoms with E-state index in [2.05, 4.69) is 10.3 Å². The molecule has 1 aromatic carbocycles. The van der Waals surface area contributed by atoms with Gasteiger partial charge in [0.05, 0.1) is 12.8 Å². The topological polar surface area (TPSA) is 77.2 Å². The first-order chi connectivity index (χ1) is 9.24. The van der Waals surface area contributed by atoms with Crippen molar-refractivity contribution in [3.63, 3.8) is 0 Å². The van der Waals surface area contributed by atoms with Crippen LogP contribution in [-0.4, -0.2) is 18.0 Å². The van der Waals surface area contributed by atoms with Gasteiger partial charge in [-0.3, -0.25) is 9.78 Å². The zero-order chi connectivity index (χ0) is 13.7. The van der Waals surface area contributed by atoms with Crippen molar-refractivity contribution in [1.29, 1.82) is 0 Å². The quantitative estimate of drug-likeness (QED) is 0.875. The van der Waals surface area contributed by atoms with Crippen LogP contribution in [0.2, 0.25) is 0 Å². The molecule has 0 aliphatic rings. The molecule has 0 unspecified atom stereocenters. The van der Waals surface area contributed by atoms with E-state index in [1.165, 1.54) is 0 Å². The fraction of sp³-hybridized carbons (Fsp3) is 0.143. The van der Waals surface area contributed by atoms with Crippen molar-refractivity contribution in [1.82, 2.24) is 4.98 Å². The van der Waals surface area contributed by atoms with Gasteiger partial charge in [-0.05, 0) is 29.8 Å². The van der Waals surface area contributed by atoms with Gasteiger partial charge in [-0.25, -0.2) is 0 Å². The Morgan fingerprint density at radius 2 is 2.05 bits per heavy atom. The molecule has 0 saturated carbocycles. The third-order valence-corrected chi connectivity index (χ3v) is 2.69. The number of rotatable bonds is 4. The van der Waals surface area contributed by atoms with E-state index in [9.17, 15) is 4.79 Å². The first-order valence-corrected chi connectivity index (χ1v) is 5.83. The number of ether oxygens (including phenoxy) is 1. The van der Waals surface area contributed by atoms with Crippen LogP contribution in [0.15, 0.2) is 42.7 Å². The zero-order valence-electron chi connectivity index (χ0n) is 10.6. The fourth-order valence-corrected chi connectivity index (χ4v) is 1.66. The predicted octanol–water partition coefficient (Wildman–Crippen LogP) is 1.80. The van der Waals surface area contributed by atoms with Crippen LogP contribution in [0.1, 0.15) is 15.9 Å². The molecular formula is C14H15N3O2. The van der Waals surface area contributed by atoms with Gasteiger partial charge < -0.3 is 15.8 Å². The number of nitrogens with one attached hydrogen (secondary N) is 1. The normalized spacial score (nSPS) is 10.0. The number of nitrogens with two attached hydrogens (primary N) is 1. The number of carbonyl (C=O) groups excluding carboxylic acids is 1. The van der Waals surface area contributed by atoms with Crippen molar-refractivity contribution in [2.45, 2.75) is 6.54 Å². The van der Waals surface area contributed by atoms with Crippen molar-refractivity contribution < 1.29 is 9.53 Å². The highest BCUT2D eigenvalue weighted by molar-refractivity contribution is 6.04. The molecule has 0 spiro atoms. The number of nitrogens with zero attached hydrogens (tertiary/aromatic N) is 1. The lowest BCUT2D eigenvalue weighted by atomic mass is 10.1. The standard InChI is InChI=1S/C14H15N3O2/c1-19-13-8-10(9-15)2-3-12(13)17-14(18)11-4-6-16-7-5-11/h2-8H,9,15H2,1H3,(H,17,18). The first kappa shape index (κ1) is 13.0. The van der Waals surface area contributed by atoms with E-state index in [0.29, 0.717) is 23.5 Å². The number of amides is 1. The summed E-state index contributed by atoms with van der Waals surface area (Å²) in [5, 5.41) is 2.80. The van der Waals surface area contributed by atoms with E-state index in [-0.39, 0.29) is 5.91 Å². The molecule has 0 atom stereocenters. The molecule has 0 aliphatic carbocycles. The van der Waals surface area contributed by atoms with Crippen molar-refractivity contribution in [3.05, 3.63) is 53.9 Å². The van der Waals surface area contributed by atoms with Crippen molar-refractivity contribution in [2.24, 2.45) is 5.73 Å². The van der Waals surface area contributed by atoms with E-state index in [1.54, 1.807) is 37.7 Å². The highest BCUT2D eigenvalue weighted by Crippen LogP contribution is 2.25. The minimum atomic E-state index is -0.207. The van der Waals surface area contributed by atoms with Crippen LogP contribution in [0.25, 0.3) is 0 Å². The monoisotopic (exact) mass is 257 g/mol. The Hall–Kier alpha value is -2.40. The molecule has 0 aliphatic heterocycles. The number of pyridine rings is 1. The summed E-state index contributed by atoms with van der Waals surface area (Å²) in [6.07, 6.45) is 3.15. The molecule has 0 fully saturated rings. The number of hydrogen-bond donors (Lipinski definition) is 2. The van der Waals surface area contributed by atoms with Crippen LogP contribution in [0, 0.1) is 0 Å². The Morgan fingerprint density at radius 3 is 2.68 bits per heavy atom. The Bertz CT molecular complexity index is 570. The lowest BCUT2D eigenvalue weighted by molar-refractivity contribution is 0.102. The molecule has 98 valence electrons. The van der Waals surface area contributed by atoms with Gasteiger partial charge in [0.2, 0.25) is 0 Å². The summed E-state index contributed by atoms with van der Waals surface area (Å²) in [6, 6.07) is 8.74. The molecule has 2 aromatic rings. The Kier molecular flexibility index (Phi) is 4.10. The maximum atomic E-state index is 12.0. The number of methoxy groups -OCH3 is 1. The largest absolute Gasteiger partial charge is 0.495 e. The highest BCUT2D eigenvalue weighted by Gasteiger charge is 2.09. The summed E-state index contributed by atoms with van der Waals surface area (Å²) < 4.78 is 5.24. The van der Waals surface area contributed by atoms with E-state index >= 15 is 0 Å². The molecule has 1 amide bonds. The van der Waals surface area contributed by atoms with Gasteiger partial charge in [0.15, 0.2) is 0 Å². The first-order valence-electron chi connectivity index (χ1n) is 5.83. The van der Waals surface area contributed by atoms with E-state index in [4.69, 9.17) is 10.5 Å². The molecule has 5 heteroatoms. The van der Waals surface area contributed by atoms with Crippen LogP contribution >= 0.6 is 0 Å². The highest BCUT2D eigenvalue weighted by atomic mass is 16.5. The number of carbonyl (C=O) groups is 1. The smallest absolute Gasteiger partial charge is 0.255 e. The lowest BCUT2D eigenvalue weighted by Crippen LogP contribution is -2.12. The van der Waals surface area contributed by atoms with Crippen LogP contribution in [0.4, 0.5) is 5.69 Å². The second-order valence-electron chi connectivity index (χ2n) is 3.93. The Balaban J connectivity index is 2.21. The summed E-state index contributed by atoms with van der Waals surface area (Å²) in [5.41, 5.74) is 7.66. The van der Waals surface area contributed by atoms with Gasteiger partial charge in [-0.1, -0.05) is 6.07 Å². The molecular weight excluding hydrogens is 242 g/mol. The average Bonchev–Trinajstić information content (AvgIpc) is 2.48. The van der Waals surface area contributed by atoms with Gasteiger partial charge in [0, 0.05) is 24.5 Å². The number of anilines is 1. The van der Waals surface area contributed by atoms with Crippen molar-refractivity contribution in [3.8, 4) is 5.75 Å². The molecule has 5 nitrogen and oxygen atoms in total. The SMILES string of the molecule is COc1cc(CN)ccc1NC(=O)c1ccncc1. The molecule has 1 aromatic heterocycles. The van der Waals surface area contributed by atoms with Gasteiger partial charge >= 0.3 is 0 Å². The predicted molar refractivity (Wildman–Crippen MR) is 73.1 cm³/mol. The van der Waals surface area contributed by atoms with Gasteiger partial charge in [-0.15, -0.1) is 0 Å². The summed E-state index contributed by atoms with van der Waals surface area (Å²) in [6.45, 7) is 0.426. The maximum absolute atomic E-state index is 12.0. The summed E-state index contributed by atoms with van der Waals surface area (Å²) in [7, 11) is 1.55. The average molecular weight is 257 g/mol.